The molecular formula is C4H7O5P. The lowest BCUT2D eigenvalue weighted by Crippen LogP contribution is -1.66. The van der Waals surface area contributed by atoms with Gasteiger partial charge in [0, 0.05) is 0 Å². The number of hydrogen-bond donors (Lipinski definition) is 3. The molecule has 1 aromatic heterocycles. The van der Waals surface area contributed by atoms with E-state index in [4.69, 9.17) is 19.2 Å². The molecule has 0 aliphatic carbocycles. The first-order valence-electron chi connectivity index (χ1n) is 2.25. The summed E-state index contributed by atoms with van der Waals surface area (Å²) in [5.74, 6) is 0. The fourth-order valence-corrected chi connectivity index (χ4v) is 0.227. The van der Waals surface area contributed by atoms with Gasteiger partial charge in [-0.2, -0.15) is 0 Å². The second-order valence-corrected chi connectivity index (χ2v) is 2.33. The molecule has 1 heterocycles. The van der Waals surface area contributed by atoms with Gasteiger partial charge >= 0.3 is 7.82 Å². The Balaban J connectivity index is 0.000000162. The van der Waals surface area contributed by atoms with Crippen molar-refractivity contribution in [3.8, 4) is 0 Å². The lowest BCUT2D eigenvalue weighted by atomic mass is 10.7. The van der Waals surface area contributed by atoms with Crippen LogP contribution >= 0.6 is 7.82 Å². The highest BCUT2D eigenvalue weighted by Gasteiger charge is 2.00. The second kappa shape index (κ2) is 4.24. The van der Waals surface area contributed by atoms with E-state index in [-0.39, 0.29) is 0 Å². The molecule has 1 aromatic rings. The summed E-state index contributed by atoms with van der Waals surface area (Å²) in [5.41, 5.74) is 0. The molecule has 0 bridgehead atoms. The minimum Gasteiger partial charge on any atom is -0.473 e. The molecule has 0 radical (unpaired) electrons. The van der Waals surface area contributed by atoms with Gasteiger partial charge in [0.1, 0.15) is 0 Å². The van der Waals surface area contributed by atoms with Gasteiger partial charge in [0.05, 0.1) is 12.5 Å². The zero-order chi connectivity index (χ0) is 8.04. The van der Waals surface area contributed by atoms with E-state index in [0.717, 1.165) is 0 Å². The lowest BCUT2D eigenvalue weighted by Gasteiger charge is -1.82. The van der Waals surface area contributed by atoms with Crippen LogP contribution in [-0.4, -0.2) is 14.7 Å². The maximum absolute atomic E-state index is 8.88. The highest BCUT2D eigenvalue weighted by atomic mass is 31.2. The number of rotatable bonds is 0. The largest absolute Gasteiger partial charge is 0.473 e. The molecule has 0 unspecified atom stereocenters. The van der Waals surface area contributed by atoms with E-state index in [1.54, 1.807) is 12.5 Å². The Morgan fingerprint density at radius 1 is 1.10 bits per heavy atom. The van der Waals surface area contributed by atoms with Crippen molar-refractivity contribution in [2.24, 2.45) is 0 Å². The summed E-state index contributed by atoms with van der Waals surface area (Å²) in [6.45, 7) is 0. The Morgan fingerprint density at radius 3 is 1.50 bits per heavy atom. The number of hydrogen-bond acceptors (Lipinski definition) is 2. The van der Waals surface area contributed by atoms with Gasteiger partial charge in [0.2, 0.25) is 0 Å². The van der Waals surface area contributed by atoms with Gasteiger partial charge < -0.3 is 19.1 Å². The molecule has 0 atom stereocenters. The topological polar surface area (TPSA) is 90.9 Å². The van der Waals surface area contributed by atoms with Gasteiger partial charge in [-0.05, 0) is 12.1 Å². The Bertz CT molecular complexity index is 162. The minimum absolute atomic E-state index is 1.62. The second-order valence-electron chi connectivity index (χ2n) is 1.31. The molecule has 0 spiro atoms. The van der Waals surface area contributed by atoms with Crippen LogP contribution in [0.3, 0.4) is 0 Å². The van der Waals surface area contributed by atoms with Crippen LogP contribution in [0.4, 0.5) is 0 Å². The van der Waals surface area contributed by atoms with E-state index in [1.165, 1.54) is 0 Å². The molecule has 0 fully saturated rings. The van der Waals surface area contributed by atoms with Crippen LogP contribution in [0.15, 0.2) is 29.1 Å². The number of phosphoric acid groups is 1. The molecule has 0 saturated carbocycles. The van der Waals surface area contributed by atoms with Gasteiger partial charge in [-0.3, -0.25) is 0 Å². The van der Waals surface area contributed by atoms with Crippen molar-refractivity contribution >= 4 is 7.82 Å². The molecule has 10 heavy (non-hydrogen) atoms. The summed E-state index contributed by atoms with van der Waals surface area (Å²) in [6, 6.07) is 3.67. The Labute approximate surface area is 57.2 Å². The molecule has 5 nitrogen and oxygen atoms in total. The SMILES string of the molecule is O=P(O)(O)O.c1ccoc1. The summed E-state index contributed by atoms with van der Waals surface area (Å²) >= 11 is 0. The monoisotopic (exact) mass is 166 g/mol. The standard InChI is InChI=1S/C4H4O.H3O4P/c1-2-4-5-3-1;1-5(2,3)4/h1-4H;(H3,1,2,3,4). The summed E-state index contributed by atoms with van der Waals surface area (Å²) in [5, 5.41) is 0. The smallest absolute Gasteiger partial charge is 0.466 e. The predicted octanol–water partition coefficient (Wildman–Crippen LogP) is 0.351. The van der Waals surface area contributed by atoms with Crippen molar-refractivity contribution in [2.45, 2.75) is 0 Å². The van der Waals surface area contributed by atoms with Crippen LogP contribution < -0.4 is 0 Å². The van der Waals surface area contributed by atoms with Crippen molar-refractivity contribution in [1.29, 1.82) is 0 Å². The zero-order valence-corrected chi connectivity index (χ0v) is 5.81. The summed E-state index contributed by atoms with van der Waals surface area (Å²) in [4.78, 5) is 21.6. The van der Waals surface area contributed by atoms with E-state index in [0.29, 0.717) is 0 Å². The summed E-state index contributed by atoms with van der Waals surface area (Å²) < 4.78 is 13.5. The Kier molecular flexibility index (Phi) is 3.99. The number of furan rings is 1. The lowest BCUT2D eigenvalue weighted by molar-refractivity contribution is 0.275. The third-order valence-electron chi connectivity index (χ3n) is 0.425. The van der Waals surface area contributed by atoms with Crippen molar-refractivity contribution in [3.63, 3.8) is 0 Å². The minimum atomic E-state index is -4.64. The van der Waals surface area contributed by atoms with Crippen molar-refractivity contribution in [2.75, 3.05) is 0 Å². The van der Waals surface area contributed by atoms with Crippen molar-refractivity contribution in [3.05, 3.63) is 24.7 Å². The Hall–Kier alpha value is -0.610. The van der Waals surface area contributed by atoms with Gasteiger partial charge in [0.25, 0.3) is 0 Å². The molecule has 3 N–H and O–H groups in total. The molecule has 58 valence electrons. The molecule has 0 aromatic carbocycles. The first-order valence-corrected chi connectivity index (χ1v) is 3.82. The molecule has 0 aliphatic heterocycles. The van der Waals surface area contributed by atoms with Crippen LogP contribution in [0.25, 0.3) is 0 Å². The highest BCUT2D eigenvalue weighted by Crippen LogP contribution is 2.25. The summed E-state index contributed by atoms with van der Waals surface area (Å²) in [6.07, 6.45) is 3.25. The van der Waals surface area contributed by atoms with Gasteiger partial charge in [-0.25, -0.2) is 4.57 Å². The molecule has 1 rings (SSSR count). The van der Waals surface area contributed by atoms with E-state index in [1.807, 2.05) is 12.1 Å². The normalized spacial score (nSPS) is 9.90. The molecule has 0 aliphatic rings. The predicted molar refractivity (Wildman–Crippen MR) is 33.0 cm³/mol. The zero-order valence-electron chi connectivity index (χ0n) is 4.91. The van der Waals surface area contributed by atoms with Crippen LogP contribution in [0.5, 0.6) is 0 Å². The van der Waals surface area contributed by atoms with E-state index >= 15 is 0 Å². The van der Waals surface area contributed by atoms with E-state index in [2.05, 4.69) is 4.42 Å². The van der Waals surface area contributed by atoms with Crippen LogP contribution in [0.1, 0.15) is 0 Å². The van der Waals surface area contributed by atoms with E-state index in [9.17, 15) is 0 Å². The average molecular weight is 166 g/mol. The molecule has 0 saturated heterocycles. The molecule has 6 heteroatoms. The summed E-state index contributed by atoms with van der Waals surface area (Å²) in [7, 11) is -4.64. The van der Waals surface area contributed by atoms with Gasteiger partial charge in [-0.15, -0.1) is 0 Å². The van der Waals surface area contributed by atoms with Crippen molar-refractivity contribution < 1.29 is 23.7 Å². The fraction of sp³-hybridized carbons (Fsp3) is 0. The van der Waals surface area contributed by atoms with Gasteiger partial charge in [0.15, 0.2) is 0 Å². The van der Waals surface area contributed by atoms with Crippen LogP contribution in [0.2, 0.25) is 0 Å². The maximum Gasteiger partial charge on any atom is 0.466 e. The Morgan fingerprint density at radius 2 is 1.40 bits per heavy atom. The highest BCUT2D eigenvalue weighted by molar-refractivity contribution is 7.45. The van der Waals surface area contributed by atoms with Crippen LogP contribution in [0, 0.1) is 0 Å². The van der Waals surface area contributed by atoms with Crippen molar-refractivity contribution in [1.82, 2.24) is 0 Å². The first kappa shape index (κ1) is 9.39. The molecule has 0 amide bonds. The fourth-order valence-electron chi connectivity index (χ4n) is 0.227. The quantitative estimate of drug-likeness (QED) is 0.483. The van der Waals surface area contributed by atoms with Gasteiger partial charge in [-0.1, -0.05) is 0 Å². The maximum atomic E-state index is 8.88. The average Bonchev–Trinajstić information content (AvgIpc) is 2.07. The van der Waals surface area contributed by atoms with E-state index < -0.39 is 7.82 Å². The third-order valence-corrected chi connectivity index (χ3v) is 0.425. The molecular weight excluding hydrogens is 159 g/mol. The van der Waals surface area contributed by atoms with Crippen LogP contribution in [-0.2, 0) is 4.57 Å². The first-order chi connectivity index (χ1) is 4.50. The third kappa shape index (κ3) is 15.7.